The number of allylic oxidation sites excluding steroid dienone is 4. The molecule has 0 aromatic rings. The van der Waals surface area contributed by atoms with Gasteiger partial charge in [-0.05, 0) is 52.4 Å². The van der Waals surface area contributed by atoms with Crippen LogP contribution in [0.1, 0.15) is 97.8 Å². The Kier molecular flexibility index (Phi) is 16.5. The second kappa shape index (κ2) is 17.3. The van der Waals surface area contributed by atoms with E-state index in [4.69, 9.17) is 4.74 Å². The molecular formula is C21H38O2. The maximum atomic E-state index is 11.4. The van der Waals surface area contributed by atoms with E-state index in [1.165, 1.54) is 51.4 Å². The van der Waals surface area contributed by atoms with Gasteiger partial charge in [0, 0.05) is 6.42 Å². The number of ether oxygens (including phenoxy) is 1. The van der Waals surface area contributed by atoms with Crippen LogP contribution in [0.3, 0.4) is 0 Å². The van der Waals surface area contributed by atoms with Gasteiger partial charge in [-0.1, -0.05) is 63.3 Å². The summed E-state index contributed by atoms with van der Waals surface area (Å²) in [6.07, 6.45) is 23.0. The van der Waals surface area contributed by atoms with Gasteiger partial charge in [0.15, 0.2) is 0 Å². The lowest BCUT2D eigenvalue weighted by atomic mass is 10.1. The van der Waals surface area contributed by atoms with Crippen LogP contribution in [0.25, 0.3) is 0 Å². The molecule has 2 nitrogen and oxygen atoms in total. The molecule has 0 atom stereocenters. The molecular weight excluding hydrogens is 284 g/mol. The summed E-state index contributed by atoms with van der Waals surface area (Å²) in [5.74, 6) is -0.0503. The average molecular weight is 323 g/mol. The van der Waals surface area contributed by atoms with Crippen molar-refractivity contribution in [3.8, 4) is 0 Å². The summed E-state index contributed by atoms with van der Waals surface area (Å²) in [6.45, 7) is 6.04. The minimum Gasteiger partial charge on any atom is -0.463 e. The Hall–Kier alpha value is -1.05. The van der Waals surface area contributed by atoms with E-state index < -0.39 is 0 Å². The van der Waals surface area contributed by atoms with Gasteiger partial charge in [0.2, 0.25) is 0 Å². The second-order valence-corrected chi connectivity index (χ2v) is 6.52. The third-order valence-corrected chi connectivity index (χ3v) is 3.70. The fraction of sp³-hybridized carbons (Fsp3) is 0.762. The molecule has 0 fully saturated rings. The molecule has 0 saturated carbocycles. The molecule has 0 unspecified atom stereocenters. The average Bonchev–Trinajstić information content (AvgIpc) is 2.50. The van der Waals surface area contributed by atoms with Crippen LogP contribution < -0.4 is 0 Å². The molecule has 0 aliphatic heterocycles. The number of hydrogen-bond acceptors (Lipinski definition) is 2. The van der Waals surface area contributed by atoms with Gasteiger partial charge >= 0.3 is 5.97 Å². The molecule has 0 aliphatic carbocycles. The van der Waals surface area contributed by atoms with Gasteiger partial charge in [-0.2, -0.15) is 0 Å². The Balaban J connectivity index is 3.26. The summed E-state index contributed by atoms with van der Waals surface area (Å²) in [4.78, 5) is 11.4. The number of unbranched alkanes of at least 4 members (excludes halogenated alkanes) is 8. The van der Waals surface area contributed by atoms with Gasteiger partial charge < -0.3 is 4.74 Å². The molecule has 134 valence electrons. The molecule has 0 heterocycles. The third-order valence-electron chi connectivity index (χ3n) is 3.70. The van der Waals surface area contributed by atoms with Crippen LogP contribution in [-0.4, -0.2) is 12.1 Å². The van der Waals surface area contributed by atoms with Crippen LogP contribution in [0.2, 0.25) is 0 Å². The quantitative estimate of drug-likeness (QED) is 0.189. The molecule has 0 amide bonds. The number of rotatable bonds is 15. The van der Waals surface area contributed by atoms with Crippen molar-refractivity contribution < 1.29 is 9.53 Å². The summed E-state index contributed by atoms with van der Waals surface area (Å²) in [7, 11) is 0. The standard InChI is InChI=1S/C21H38O2/c1-4-5-6-7-8-9-10-11-12-13-14-15-16-17-18-19-21(22)23-20(2)3/h8-9,11-12,20H,4-7,10,13-19H2,1-3H3/b9-8+,12-11+. The monoisotopic (exact) mass is 322 g/mol. The lowest BCUT2D eigenvalue weighted by Crippen LogP contribution is -2.10. The molecule has 2 heteroatoms. The van der Waals surface area contributed by atoms with Crippen molar-refractivity contribution in [1.29, 1.82) is 0 Å². The summed E-state index contributed by atoms with van der Waals surface area (Å²) in [6, 6.07) is 0. The molecule has 0 aromatic carbocycles. The van der Waals surface area contributed by atoms with Crippen LogP contribution in [0.15, 0.2) is 24.3 Å². The highest BCUT2D eigenvalue weighted by Crippen LogP contribution is 2.09. The summed E-state index contributed by atoms with van der Waals surface area (Å²) in [5.41, 5.74) is 0. The van der Waals surface area contributed by atoms with Gasteiger partial charge in [0.25, 0.3) is 0 Å². The van der Waals surface area contributed by atoms with E-state index in [1.807, 2.05) is 13.8 Å². The summed E-state index contributed by atoms with van der Waals surface area (Å²) >= 11 is 0. The fourth-order valence-corrected chi connectivity index (χ4v) is 2.40. The van der Waals surface area contributed by atoms with Crippen LogP contribution in [0.4, 0.5) is 0 Å². The zero-order valence-electron chi connectivity index (χ0n) is 15.7. The van der Waals surface area contributed by atoms with E-state index in [-0.39, 0.29) is 12.1 Å². The van der Waals surface area contributed by atoms with Crippen molar-refractivity contribution in [3.63, 3.8) is 0 Å². The lowest BCUT2D eigenvalue weighted by Gasteiger charge is -2.07. The predicted molar refractivity (Wildman–Crippen MR) is 101 cm³/mol. The fourth-order valence-electron chi connectivity index (χ4n) is 2.40. The SMILES string of the molecule is CCCCC/C=C/C/C=C/CCCCCCCC(=O)OC(C)C. The zero-order chi connectivity index (χ0) is 17.2. The van der Waals surface area contributed by atoms with E-state index in [2.05, 4.69) is 31.2 Å². The van der Waals surface area contributed by atoms with E-state index in [0.717, 1.165) is 19.3 Å². The maximum Gasteiger partial charge on any atom is 0.306 e. The topological polar surface area (TPSA) is 26.3 Å². The maximum absolute atomic E-state index is 11.4. The van der Waals surface area contributed by atoms with Crippen molar-refractivity contribution in [2.24, 2.45) is 0 Å². The van der Waals surface area contributed by atoms with E-state index in [0.29, 0.717) is 6.42 Å². The van der Waals surface area contributed by atoms with Gasteiger partial charge in [-0.25, -0.2) is 0 Å². The summed E-state index contributed by atoms with van der Waals surface area (Å²) < 4.78 is 5.12. The van der Waals surface area contributed by atoms with E-state index in [1.54, 1.807) is 0 Å². The first-order chi connectivity index (χ1) is 11.2. The van der Waals surface area contributed by atoms with Gasteiger partial charge in [-0.3, -0.25) is 4.79 Å². The Morgan fingerprint density at radius 1 is 0.826 bits per heavy atom. The first kappa shape index (κ1) is 21.9. The molecule has 0 bridgehead atoms. The number of esters is 1. The van der Waals surface area contributed by atoms with Gasteiger partial charge in [-0.15, -0.1) is 0 Å². The minimum atomic E-state index is -0.0503. The highest BCUT2D eigenvalue weighted by atomic mass is 16.5. The zero-order valence-corrected chi connectivity index (χ0v) is 15.7. The molecule has 0 rings (SSSR count). The van der Waals surface area contributed by atoms with Crippen molar-refractivity contribution in [2.45, 2.75) is 104 Å². The molecule has 23 heavy (non-hydrogen) atoms. The molecule has 0 radical (unpaired) electrons. The Bertz CT molecular complexity index is 316. The smallest absolute Gasteiger partial charge is 0.306 e. The van der Waals surface area contributed by atoms with Crippen LogP contribution in [0, 0.1) is 0 Å². The van der Waals surface area contributed by atoms with Crippen molar-refractivity contribution in [3.05, 3.63) is 24.3 Å². The highest BCUT2D eigenvalue weighted by Gasteiger charge is 2.04. The Morgan fingerprint density at radius 2 is 1.39 bits per heavy atom. The van der Waals surface area contributed by atoms with E-state index in [9.17, 15) is 4.79 Å². The van der Waals surface area contributed by atoms with Gasteiger partial charge in [0.1, 0.15) is 0 Å². The number of carbonyl (C=O) groups is 1. The minimum absolute atomic E-state index is 0.0143. The normalized spacial score (nSPS) is 11.8. The van der Waals surface area contributed by atoms with Crippen LogP contribution >= 0.6 is 0 Å². The van der Waals surface area contributed by atoms with Crippen molar-refractivity contribution in [2.75, 3.05) is 0 Å². The van der Waals surface area contributed by atoms with Crippen LogP contribution in [0.5, 0.6) is 0 Å². The predicted octanol–water partition coefficient (Wildman–Crippen LogP) is 6.75. The molecule has 0 aromatic heterocycles. The first-order valence-corrected chi connectivity index (χ1v) is 9.66. The van der Waals surface area contributed by atoms with E-state index >= 15 is 0 Å². The third kappa shape index (κ3) is 18.9. The van der Waals surface area contributed by atoms with Crippen molar-refractivity contribution >= 4 is 5.97 Å². The molecule has 0 N–H and O–H groups in total. The largest absolute Gasteiger partial charge is 0.463 e. The second-order valence-electron chi connectivity index (χ2n) is 6.52. The van der Waals surface area contributed by atoms with Crippen molar-refractivity contribution in [1.82, 2.24) is 0 Å². The van der Waals surface area contributed by atoms with Crippen LogP contribution in [-0.2, 0) is 9.53 Å². The number of carbonyl (C=O) groups excluding carboxylic acids is 1. The lowest BCUT2D eigenvalue weighted by molar-refractivity contribution is -0.147. The Labute approximate surface area is 144 Å². The number of hydrogen-bond donors (Lipinski definition) is 0. The molecule has 0 spiro atoms. The highest BCUT2D eigenvalue weighted by molar-refractivity contribution is 5.69. The first-order valence-electron chi connectivity index (χ1n) is 9.66. The molecule has 0 aliphatic rings. The van der Waals surface area contributed by atoms with Gasteiger partial charge in [0.05, 0.1) is 6.10 Å². The Morgan fingerprint density at radius 3 is 2.00 bits per heavy atom. The molecule has 0 saturated heterocycles. The summed E-state index contributed by atoms with van der Waals surface area (Å²) in [5, 5.41) is 0.